The minimum absolute atomic E-state index is 0.247. The lowest BCUT2D eigenvalue weighted by atomic mass is 10.1. The van der Waals surface area contributed by atoms with Crippen molar-refractivity contribution in [3.63, 3.8) is 0 Å². The van der Waals surface area contributed by atoms with Crippen LogP contribution in [0.4, 0.5) is 5.69 Å². The molecular weight excluding hydrogens is 248 g/mol. The summed E-state index contributed by atoms with van der Waals surface area (Å²) >= 11 is 0. The van der Waals surface area contributed by atoms with Gasteiger partial charge in [-0.2, -0.15) is 0 Å². The molecule has 6 nitrogen and oxygen atoms in total. The molecule has 1 rings (SSSR count). The summed E-state index contributed by atoms with van der Waals surface area (Å²) in [5, 5.41) is 12.2. The number of hydrogen-bond donors (Lipinski definition) is 3. The van der Waals surface area contributed by atoms with Crippen LogP contribution >= 0.6 is 0 Å². The van der Waals surface area contributed by atoms with Gasteiger partial charge in [0.1, 0.15) is 5.75 Å². The summed E-state index contributed by atoms with van der Waals surface area (Å²) in [7, 11) is 3.00. The molecular formula is C13H20N2O4. The van der Waals surface area contributed by atoms with Crippen LogP contribution in [-0.4, -0.2) is 44.5 Å². The van der Waals surface area contributed by atoms with Gasteiger partial charge in [-0.3, -0.25) is 4.79 Å². The SMILES string of the molecule is COCC(O)CCNC(=O)c1cc(N)ccc1OC. The number of benzene rings is 1. The zero-order valence-corrected chi connectivity index (χ0v) is 11.2. The average molecular weight is 268 g/mol. The minimum Gasteiger partial charge on any atom is -0.496 e. The van der Waals surface area contributed by atoms with Crippen molar-refractivity contribution in [1.29, 1.82) is 0 Å². The first kappa shape index (κ1) is 15.3. The summed E-state index contributed by atoms with van der Waals surface area (Å²) in [5.41, 5.74) is 6.51. The molecule has 19 heavy (non-hydrogen) atoms. The van der Waals surface area contributed by atoms with Gasteiger partial charge in [0, 0.05) is 19.3 Å². The van der Waals surface area contributed by atoms with E-state index in [1.807, 2.05) is 0 Å². The lowest BCUT2D eigenvalue weighted by Gasteiger charge is -2.12. The van der Waals surface area contributed by atoms with Crippen LogP contribution in [0.15, 0.2) is 18.2 Å². The van der Waals surface area contributed by atoms with E-state index in [0.717, 1.165) is 0 Å². The zero-order chi connectivity index (χ0) is 14.3. The van der Waals surface area contributed by atoms with Gasteiger partial charge in [-0.05, 0) is 24.6 Å². The molecule has 0 bridgehead atoms. The monoisotopic (exact) mass is 268 g/mol. The largest absolute Gasteiger partial charge is 0.496 e. The molecule has 106 valence electrons. The maximum Gasteiger partial charge on any atom is 0.255 e. The maximum absolute atomic E-state index is 12.0. The molecule has 0 heterocycles. The third-order valence-electron chi connectivity index (χ3n) is 2.59. The van der Waals surface area contributed by atoms with Gasteiger partial charge in [0.25, 0.3) is 5.91 Å². The summed E-state index contributed by atoms with van der Waals surface area (Å²) < 4.78 is 9.90. The summed E-state index contributed by atoms with van der Waals surface area (Å²) in [6, 6.07) is 4.86. The smallest absolute Gasteiger partial charge is 0.255 e. The van der Waals surface area contributed by atoms with Crippen molar-refractivity contribution in [1.82, 2.24) is 5.32 Å². The van der Waals surface area contributed by atoms with Gasteiger partial charge in [-0.25, -0.2) is 0 Å². The number of aliphatic hydroxyl groups is 1. The third-order valence-corrected chi connectivity index (χ3v) is 2.59. The zero-order valence-electron chi connectivity index (χ0n) is 11.2. The quantitative estimate of drug-likeness (QED) is 0.622. The highest BCUT2D eigenvalue weighted by Crippen LogP contribution is 2.20. The van der Waals surface area contributed by atoms with Crippen LogP contribution in [0, 0.1) is 0 Å². The van der Waals surface area contributed by atoms with E-state index in [4.69, 9.17) is 15.2 Å². The van der Waals surface area contributed by atoms with E-state index in [-0.39, 0.29) is 12.5 Å². The van der Waals surface area contributed by atoms with Gasteiger partial charge < -0.3 is 25.6 Å². The summed E-state index contributed by atoms with van der Waals surface area (Å²) in [5.74, 6) is 0.179. The Labute approximate surface area is 112 Å². The van der Waals surface area contributed by atoms with Gasteiger partial charge in [-0.15, -0.1) is 0 Å². The number of nitrogen functional groups attached to an aromatic ring is 1. The molecule has 1 amide bonds. The second-order valence-electron chi connectivity index (χ2n) is 4.11. The fourth-order valence-electron chi connectivity index (χ4n) is 1.63. The second kappa shape index (κ2) is 7.60. The van der Waals surface area contributed by atoms with Crippen molar-refractivity contribution in [2.75, 3.05) is 33.1 Å². The summed E-state index contributed by atoms with van der Waals surface area (Å²) in [6.45, 7) is 0.596. The van der Waals surface area contributed by atoms with Gasteiger partial charge in [0.15, 0.2) is 0 Å². The van der Waals surface area contributed by atoms with E-state index >= 15 is 0 Å². The molecule has 0 aromatic heterocycles. The highest BCUT2D eigenvalue weighted by Gasteiger charge is 2.12. The van der Waals surface area contributed by atoms with Crippen molar-refractivity contribution in [2.24, 2.45) is 0 Å². The topological polar surface area (TPSA) is 93.8 Å². The van der Waals surface area contributed by atoms with Crippen molar-refractivity contribution in [3.8, 4) is 5.75 Å². The molecule has 1 unspecified atom stereocenters. The molecule has 4 N–H and O–H groups in total. The first-order valence-electron chi connectivity index (χ1n) is 5.97. The van der Waals surface area contributed by atoms with Crippen LogP contribution in [-0.2, 0) is 4.74 Å². The van der Waals surface area contributed by atoms with Crippen molar-refractivity contribution in [2.45, 2.75) is 12.5 Å². The Morgan fingerprint density at radius 2 is 2.21 bits per heavy atom. The fraction of sp³-hybridized carbons (Fsp3) is 0.462. The Balaban J connectivity index is 2.56. The molecule has 0 spiro atoms. The molecule has 1 aromatic rings. The van der Waals surface area contributed by atoms with E-state index in [2.05, 4.69) is 5.32 Å². The molecule has 0 fully saturated rings. The number of ether oxygens (including phenoxy) is 2. The minimum atomic E-state index is -0.590. The predicted octanol–water partition coefficient (Wildman–Crippen LogP) is 0.405. The number of nitrogens with one attached hydrogen (secondary N) is 1. The first-order chi connectivity index (χ1) is 9.08. The van der Waals surface area contributed by atoms with Crippen LogP contribution in [0.3, 0.4) is 0 Å². The molecule has 0 aliphatic carbocycles. The number of nitrogens with two attached hydrogens (primary N) is 1. The number of rotatable bonds is 7. The Kier molecular flexibility index (Phi) is 6.11. The Morgan fingerprint density at radius 1 is 1.47 bits per heavy atom. The van der Waals surface area contributed by atoms with E-state index < -0.39 is 6.10 Å². The lowest BCUT2D eigenvalue weighted by Crippen LogP contribution is -2.28. The van der Waals surface area contributed by atoms with Crippen LogP contribution in [0.1, 0.15) is 16.8 Å². The molecule has 0 saturated heterocycles. The molecule has 1 atom stereocenters. The van der Waals surface area contributed by atoms with E-state index in [1.54, 1.807) is 18.2 Å². The van der Waals surface area contributed by atoms with Crippen LogP contribution < -0.4 is 15.8 Å². The van der Waals surface area contributed by atoms with Crippen LogP contribution in [0.5, 0.6) is 5.75 Å². The van der Waals surface area contributed by atoms with Crippen LogP contribution in [0.25, 0.3) is 0 Å². The van der Waals surface area contributed by atoms with Gasteiger partial charge in [0.05, 0.1) is 25.4 Å². The molecule has 0 aliphatic rings. The van der Waals surface area contributed by atoms with E-state index in [0.29, 0.717) is 30.0 Å². The van der Waals surface area contributed by atoms with Crippen molar-refractivity contribution in [3.05, 3.63) is 23.8 Å². The maximum atomic E-state index is 12.0. The first-order valence-corrected chi connectivity index (χ1v) is 5.97. The fourth-order valence-corrected chi connectivity index (χ4v) is 1.63. The van der Waals surface area contributed by atoms with Gasteiger partial charge in [-0.1, -0.05) is 0 Å². The standard InChI is InChI=1S/C13H20N2O4/c1-18-8-10(16)5-6-15-13(17)11-7-9(14)3-4-12(11)19-2/h3-4,7,10,16H,5-6,8,14H2,1-2H3,(H,15,17). The molecule has 0 saturated carbocycles. The normalized spacial score (nSPS) is 11.9. The number of carbonyl (C=O) groups excluding carboxylic acids is 1. The van der Waals surface area contributed by atoms with E-state index in [9.17, 15) is 9.90 Å². The van der Waals surface area contributed by atoms with Gasteiger partial charge >= 0.3 is 0 Å². The Hall–Kier alpha value is -1.79. The van der Waals surface area contributed by atoms with Crippen LogP contribution in [0.2, 0.25) is 0 Å². The van der Waals surface area contributed by atoms with Crippen molar-refractivity contribution >= 4 is 11.6 Å². The molecule has 0 radical (unpaired) electrons. The van der Waals surface area contributed by atoms with Crippen molar-refractivity contribution < 1.29 is 19.4 Å². The number of methoxy groups -OCH3 is 2. The highest BCUT2D eigenvalue weighted by molar-refractivity contribution is 5.97. The lowest BCUT2D eigenvalue weighted by molar-refractivity contribution is 0.0587. The molecule has 6 heteroatoms. The second-order valence-corrected chi connectivity index (χ2v) is 4.11. The number of anilines is 1. The number of hydrogen-bond acceptors (Lipinski definition) is 5. The summed E-state index contributed by atoms with van der Waals surface area (Å²) in [4.78, 5) is 12.0. The van der Waals surface area contributed by atoms with E-state index in [1.165, 1.54) is 14.2 Å². The number of carbonyl (C=O) groups is 1. The number of amides is 1. The number of aliphatic hydroxyl groups excluding tert-OH is 1. The average Bonchev–Trinajstić information content (AvgIpc) is 2.38. The Bertz CT molecular complexity index is 423. The predicted molar refractivity (Wildman–Crippen MR) is 72.2 cm³/mol. The summed E-state index contributed by atoms with van der Waals surface area (Å²) in [6.07, 6.45) is -0.169. The third kappa shape index (κ3) is 4.76. The molecule has 0 aliphatic heterocycles. The Morgan fingerprint density at radius 3 is 2.84 bits per heavy atom. The highest BCUT2D eigenvalue weighted by atomic mass is 16.5. The van der Waals surface area contributed by atoms with Gasteiger partial charge in [0.2, 0.25) is 0 Å². The molecule has 1 aromatic carbocycles.